The van der Waals surface area contributed by atoms with Crippen molar-refractivity contribution in [3.8, 4) is 28.3 Å². The van der Waals surface area contributed by atoms with Crippen LogP contribution in [0.4, 0.5) is 0 Å². The second-order valence-electron chi connectivity index (χ2n) is 12.2. The van der Waals surface area contributed by atoms with Gasteiger partial charge in [-0.05, 0) is 63.3 Å². The molecule has 0 radical (unpaired) electrons. The normalized spacial score (nSPS) is 11.8. The quantitative estimate of drug-likeness (QED) is 0.190. The van der Waals surface area contributed by atoms with Gasteiger partial charge in [-0.2, -0.15) is 0 Å². The maximum Gasteiger partial charge on any atom is 0.160 e. The standard InChI is InChI=1S/C44H27N3/c1-3-13-28(14-4-1)43-35-19-9-11-21-38(35)45-44(46-43)29-23-24-34-37(27-29)32-18-8-7-17-31(32)33-25-26-40-42(41(33)34)36-20-10-12-22-39(36)47(40)30-15-5-2-6-16-30/h1-27H. The van der Waals surface area contributed by atoms with Crippen molar-refractivity contribution >= 4 is 65.0 Å². The third kappa shape index (κ3) is 3.87. The van der Waals surface area contributed by atoms with E-state index in [9.17, 15) is 0 Å². The van der Waals surface area contributed by atoms with Gasteiger partial charge in [0, 0.05) is 38.4 Å². The summed E-state index contributed by atoms with van der Waals surface area (Å²) in [6, 6.07) is 58.3. The van der Waals surface area contributed by atoms with E-state index < -0.39 is 0 Å². The molecule has 3 heteroatoms. The first-order chi connectivity index (χ1) is 23.3. The molecule has 3 nitrogen and oxygen atoms in total. The van der Waals surface area contributed by atoms with E-state index in [2.05, 4.69) is 156 Å². The van der Waals surface area contributed by atoms with Crippen LogP contribution in [-0.4, -0.2) is 14.5 Å². The van der Waals surface area contributed by atoms with E-state index in [1.165, 1.54) is 54.1 Å². The highest BCUT2D eigenvalue weighted by molar-refractivity contribution is 6.35. The van der Waals surface area contributed by atoms with Crippen molar-refractivity contribution in [3.63, 3.8) is 0 Å². The van der Waals surface area contributed by atoms with Crippen molar-refractivity contribution in [3.05, 3.63) is 164 Å². The molecule has 0 saturated heterocycles. The molecule has 10 aromatic rings. The van der Waals surface area contributed by atoms with E-state index in [0.717, 1.165) is 39.2 Å². The van der Waals surface area contributed by atoms with E-state index in [4.69, 9.17) is 9.97 Å². The largest absolute Gasteiger partial charge is 0.309 e. The maximum absolute atomic E-state index is 5.20. The number of para-hydroxylation sites is 3. The van der Waals surface area contributed by atoms with E-state index in [1.54, 1.807) is 0 Å². The van der Waals surface area contributed by atoms with Gasteiger partial charge < -0.3 is 4.57 Å². The average molecular weight is 598 g/mol. The first kappa shape index (κ1) is 26.0. The SMILES string of the molecule is c1ccc(-c2nc(-c3ccc4c(c3)c3ccccc3c3ccc5c(c6ccccc6n5-c5ccccc5)c34)nc3ccccc23)cc1. The molecule has 0 saturated carbocycles. The van der Waals surface area contributed by atoms with Gasteiger partial charge in [0.25, 0.3) is 0 Å². The van der Waals surface area contributed by atoms with Gasteiger partial charge in [0.2, 0.25) is 0 Å². The lowest BCUT2D eigenvalue weighted by Crippen LogP contribution is -1.95. The van der Waals surface area contributed by atoms with Crippen molar-refractivity contribution in [1.29, 1.82) is 0 Å². The minimum Gasteiger partial charge on any atom is -0.309 e. The molecule has 0 aliphatic heterocycles. The van der Waals surface area contributed by atoms with Gasteiger partial charge in [0.05, 0.1) is 22.2 Å². The van der Waals surface area contributed by atoms with Crippen LogP contribution in [0.3, 0.4) is 0 Å². The molecule has 0 unspecified atom stereocenters. The lowest BCUT2D eigenvalue weighted by molar-refractivity contribution is 1.18. The fourth-order valence-electron chi connectivity index (χ4n) is 7.52. The lowest BCUT2D eigenvalue weighted by atomic mass is 9.91. The van der Waals surface area contributed by atoms with Crippen molar-refractivity contribution < 1.29 is 0 Å². The van der Waals surface area contributed by atoms with Crippen LogP contribution in [0.2, 0.25) is 0 Å². The molecule has 0 atom stereocenters. The Morgan fingerprint density at radius 3 is 1.79 bits per heavy atom. The Balaban J connectivity index is 1.32. The predicted octanol–water partition coefficient (Wildman–Crippen LogP) is 11.5. The third-order valence-corrected chi connectivity index (χ3v) is 9.56. The number of aromatic nitrogens is 3. The number of rotatable bonds is 3. The first-order valence-electron chi connectivity index (χ1n) is 16.0. The van der Waals surface area contributed by atoms with Crippen molar-refractivity contribution in [2.24, 2.45) is 0 Å². The molecule has 2 aromatic heterocycles. The van der Waals surface area contributed by atoms with Gasteiger partial charge in [-0.15, -0.1) is 0 Å². The Labute approximate surface area is 271 Å². The highest BCUT2D eigenvalue weighted by Gasteiger charge is 2.19. The summed E-state index contributed by atoms with van der Waals surface area (Å²) in [7, 11) is 0. The smallest absolute Gasteiger partial charge is 0.160 e. The van der Waals surface area contributed by atoms with Crippen molar-refractivity contribution in [1.82, 2.24) is 14.5 Å². The minimum atomic E-state index is 0.729. The number of hydrogen-bond acceptors (Lipinski definition) is 2. The van der Waals surface area contributed by atoms with E-state index in [1.807, 2.05) is 12.1 Å². The average Bonchev–Trinajstić information content (AvgIpc) is 3.49. The van der Waals surface area contributed by atoms with Crippen LogP contribution in [0.25, 0.3) is 93.4 Å². The summed E-state index contributed by atoms with van der Waals surface area (Å²) in [5.41, 5.74) is 7.55. The first-order valence-corrected chi connectivity index (χ1v) is 16.0. The molecule has 0 aliphatic rings. The molecular formula is C44H27N3. The van der Waals surface area contributed by atoms with Crippen LogP contribution in [-0.2, 0) is 0 Å². The van der Waals surface area contributed by atoms with Gasteiger partial charge in [0.15, 0.2) is 5.82 Å². The second kappa shape index (κ2) is 10.1. The summed E-state index contributed by atoms with van der Waals surface area (Å²) in [5, 5.41) is 11.0. The van der Waals surface area contributed by atoms with Crippen molar-refractivity contribution in [2.75, 3.05) is 0 Å². The van der Waals surface area contributed by atoms with Gasteiger partial charge >= 0.3 is 0 Å². The number of nitrogens with zero attached hydrogens (tertiary/aromatic N) is 3. The summed E-state index contributed by atoms with van der Waals surface area (Å²) < 4.78 is 2.40. The highest BCUT2D eigenvalue weighted by Crippen LogP contribution is 2.44. The van der Waals surface area contributed by atoms with Crippen LogP contribution in [0.5, 0.6) is 0 Å². The summed E-state index contributed by atoms with van der Waals surface area (Å²) in [5.74, 6) is 0.729. The molecule has 0 amide bonds. The number of benzene rings is 8. The molecule has 47 heavy (non-hydrogen) atoms. The summed E-state index contributed by atoms with van der Waals surface area (Å²) in [6.07, 6.45) is 0. The maximum atomic E-state index is 5.20. The fourth-order valence-corrected chi connectivity index (χ4v) is 7.52. The van der Waals surface area contributed by atoms with Crippen LogP contribution < -0.4 is 0 Å². The Hall–Kier alpha value is -6.32. The molecular weight excluding hydrogens is 571 g/mol. The zero-order valence-electron chi connectivity index (χ0n) is 25.4. The van der Waals surface area contributed by atoms with E-state index >= 15 is 0 Å². The van der Waals surface area contributed by atoms with Gasteiger partial charge in [-0.3, -0.25) is 0 Å². The van der Waals surface area contributed by atoms with E-state index in [0.29, 0.717) is 0 Å². The molecule has 0 N–H and O–H groups in total. The summed E-state index contributed by atoms with van der Waals surface area (Å²) in [4.78, 5) is 10.3. The second-order valence-corrected chi connectivity index (χ2v) is 12.2. The molecule has 0 spiro atoms. The topological polar surface area (TPSA) is 30.7 Å². The molecule has 8 aromatic carbocycles. The Morgan fingerprint density at radius 2 is 0.979 bits per heavy atom. The molecule has 2 heterocycles. The lowest BCUT2D eigenvalue weighted by Gasteiger charge is -2.14. The highest BCUT2D eigenvalue weighted by atomic mass is 15.0. The molecule has 218 valence electrons. The van der Waals surface area contributed by atoms with Crippen LogP contribution in [0.1, 0.15) is 0 Å². The van der Waals surface area contributed by atoms with Crippen molar-refractivity contribution in [2.45, 2.75) is 0 Å². The van der Waals surface area contributed by atoms with Crippen LogP contribution in [0.15, 0.2) is 164 Å². The van der Waals surface area contributed by atoms with Crippen LogP contribution >= 0.6 is 0 Å². The van der Waals surface area contributed by atoms with Gasteiger partial charge in [-0.1, -0.05) is 127 Å². The molecule has 0 aliphatic carbocycles. The number of hydrogen-bond donors (Lipinski definition) is 0. The molecule has 0 fully saturated rings. The monoisotopic (exact) mass is 597 g/mol. The zero-order valence-corrected chi connectivity index (χ0v) is 25.4. The zero-order chi connectivity index (χ0) is 30.9. The fraction of sp³-hybridized carbons (Fsp3) is 0. The molecule has 0 bridgehead atoms. The number of fused-ring (bicyclic) bond motifs is 11. The molecule has 10 rings (SSSR count). The van der Waals surface area contributed by atoms with E-state index in [-0.39, 0.29) is 0 Å². The van der Waals surface area contributed by atoms with Gasteiger partial charge in [-0.25, -0.2) is 9.97 Å². The predicted molar refractivity (Wildman–Crippen MR) is 197 cm³/mol. The Bertz CT molecular complexity index is 2830. The van der Waals surface area contributed by atoms with Crippen LogP contribution in [0, 0.1) is 0 Å². The summed E-state index contributed by atoms with van der Waals surface area (Å²) in [6.45, 7) is 0. The third-order valence-electron chi connectivity index (χ3n) is 9.56. The Morgan fingerprint density at radius 1 is 0.362 bits per heavy atom. The van der Waals surface area contributed by atoms with Gasteiger partial charge in [0.1, 0.15) is 0 Å². The summed E-state index contributed by atoms with van der Waals surface area (Å²) >= 11 is 0. The Kier molecular flexibility index (Phi) is 5.57. The minimum absolute atomic E-state index is 0.729.